The van der Waals surface area contributed by atoms with Crippen LogP contribution < -0.4 is 5.43 Å². The van der Waals surface area contributed by atoms with E-state index in [-0.39, 0.29) is 5.43 Å². The van der Waals surface area contributed by atoms with Crippen molar-refractivity contribution in [2.75, 3.05) is 0 Å². The Morgan fingerprint density at radius 1 is 1.25 bits per heavy atom. The summed E-state index contributed by atoms with van der Waals surface area (Å²) in [6.45, 7) is 7.47. The van der Waals surface area contributed by atoms with Gasteiger partial charge in [-0.1, -0.05) is 36.4 Å². The molecule has 0 amide bonds. The number of nitrogens with zero attached hydrogens (tertiary/aromatic N) is 1. The van der Waals surface area contributed by atoms with Crippen LogP contribution in [0.3, 0.4) is 0 Å². The van der Waals surface area contributed by atoms with E-state index in [4.69, 9.17) is 21.3 Å². The maximum Gasteiger partial charge on any atom is 0.200 e. The lowest BCUT2D eigenvalue weighted by molar-refractivity contribution is 0.604. The first-order valence-corrected chi connectivity index (χ1v) is 7.73. The van der Waals surface area contributed by atoms with Gasteiger partial charge < -0.3 is 4.42 Å². The largest absolute Gasteiger partial charge is 0.463 e. The van der Waals surface area contributed by atoms with Crippen LogP contribution in [0.5, 0.6) is 0 Å². The van der Waals surface area contributed by atoms with Gasteiger partial charge in [0.2, 0.25) is 5.43 Å². The van der Waals surface area contributed by atoms with Crippen molar-refractivity contribution >= 4 is 28.1 Å². The maximum absolute atomic E-state index is 12.9. The van der Waals surface area contributed by atoms with Crippen LogP contribution in [-0.2, 0) is 0 Å². The Labute approximate surface area is 144 Å². The van der Waals surface area contributed by atoms with Crippen LogP contribution in [0.1, 0.15) is 16.7 Å². The molecule has 118 valence electrons. The third-order valence-electron chi connectivity index (χ3n) is 4.14. The molecule has 0 fully saturated rings. The molecule has 0 spiro atoms. The van der Waals surface area contributed by atoms with E-state index in [1.807, 2.05) is 32.0 Å². The monoisotopic (exact) mass is 335 g/mol. The highest BCUT2D eigenvalue weighted by molar-refractivity contribution is 6.32. The number of benzene rings is 2. The van der Waals surface area contributed by atoms with Crippen LogP contribution in [0.2, 0.25) is 5.02 Å². The summed E-state index contributed by atoms with van der Waals surface area (Å²) in [4.78, 5) is 12.9. The Morgan fingerprint density at radius 3 is 2.71 bits per heavy atom. The van der Waals surface area contributed by atoms with Crippen LogP contribution in [0.25, 0.3) is 27.7 Å². The Kier molecular flexibility index (Phi) is 4.01. The summed E-state index contributed by atoms with van der Waals surface area (Å²) in [5.74, 6) is 0. The van der Waals surface area contributed by atoms with Gasteiger partial charge in [-0.25, -0.2) is 0 Å². The molecular formula is C20H14ClNO2. The summed E-state index contributed by atoms with van der Waals surface area (Å²) < 4.78 is 5.65. The van der Waals surface area contributed by atoms with E-state index in [9.17, 15) is 4.79 Å². The zero-order chi connectivity index (χ0) is 17.4. The van der Waals surface area contributed by atoms with Crippen LogP contribution in [0, 0.1) is 25.2 Å². The van der Waals surface area contributed by atoms with Gasteiger partial charge in [-0.05, 0) is 48.2 Å². The minimum Gasteiger partial charge on any atom is -0.463 e. The van der Waals surface area contributed by atoms with E-state index in [1.165, 1.54) is 6.26 Å². The van der Waals surface area contributed by atoms with E-state index >= 15 is 0 Å². The normalized spacial score (nSPS) is 10.6. The van der Waals surface area contributed by atoms with Gasteiger partial charge in [-0.3, -0.25) is 4.79 Å². The molecule has 3 nitrogen and oxygen atoms in total. The van der Waals surface area contributed by atoms with Gasteiger partial charge in [-0.2, -0.15) is 5.26 Å². The van der Waals surface area contributed by atoms with E-state index in [0.717, 1.165) is 22.3 Å². The van der Waals surface area contributed by atoms with Gasteiger partial charge in [0.1, 0.15) is 11.8 Å². The fourth-order valence-corrected chi connectivity index (χ4v) is 2.92. The van der Waals surface area contributed by atoms with E-state index in [2.05, 4.69) is 6.58 Å². The lowest BCUT2D eigenvalue weighted by Gasteiger charge is -2.10. The number of aryl methyl sites for hydroxylation is 1. The number of hydrogen-bond acceptors (Lipinski definition) is 3. The Balaban J connectivity index is 2.30. The van der Waals surface area contributed by atoms with E-state index in [1.54, 1.807) is 18.2 Å². The fourth-order valence-electron chi connectivity index (χ4n) is 2.75. The molecule has 4 heteroatoms. The first-order chi connectivity index (χ1) is 11.4. The first-order valence-electron chi connectivity index (χ1n) is 7.35. The maximum atomic E-state index is 12.9. The second-order valence-corrected chi connectivity index (χ2v) is 6.05. The average molecular weight is 336 g/mol. The number of halogens is 1. The van der Waals surface area contributed by atoms with E-state index < -0.39 is 0 Å². The lowest BCUT2D eigenvalue weighted by atomic mass is 9.94. The van der Waals surface area contributed by atoms with Gasteiger partial charge in [0.05, 0.1) is 22.6 Å². The predicted molar refractivity (Wildman–Crippen MR) is 97.1 cm³/mol. The van der Waals surface area contributed by atoms with Crippen molar-refractivity contribution in [1.82, 2.24) is 0 Å². The standard InChI is InChI=1S/C20H14ClNO2/c1-11-7-19-16(8-18(11)21)20(23)17(10-24-19)15-6-4-5-14(13(15)3)12(2)9-22/h4-8,10H,2H2,1,3H3. The van der Waals surface area contributed by atoms with Gasteiger partial charge in [0, 0.05) is 5.02 Å². The van der Waals surface area contributed by atoms with Gasteiger partial charge in [-0.15, -0.1) is 0 Å². The number of hydrogen-bond donors (Lipinski definition) is 0. The molecule has 0 bridgehead atoms. The van der Waals surface area contributed by atoms with Crippen LogP contribution in [0.15, 0.2) is 52.4 Å². The number of allylic oxidation sites excluding steroid dienone is 1. The van der Waals surface area contributed by atoms with Crippen LogP contribution in [0.4, 0.5) is 0 Å². The Morgan fingerprint density at radius 2 is 2.00 bits per heavy atom. The molecular weight excluding hydrogens is 322 g/mol. The average Bonchev–Trinajstić information content (AvgIpc) is 2.57. The molecule has 0 saturated carbocycles. The summed E-state index contributed by atoms with van der Waals surface area (Å²) >= 11 is 6.15. The fraction of sp³-hybridized carbons (Fsp3) is 0.100. The summed E-state index contributed by atoms with van der Waals surface area (Å²) in [6, 6.07) is 10.9. The van der Waals surface area contributed by atoms with Crippen molar-refractivity contribution in [1.29, 1.82) is 5.26 Å². The van der Waals surface area contributed by atoms with Crippen molar-refractivity contribution in [2.45, 2.75) is 13.8 Å². The molecule has 0 aliphatic rings. The van der Waals surface area contributed by atoms with E-state index in [0.29, 0.717) is 27.1 Å². The molecule has 0 atom stereocenters. The third kappa shape index (κ3) is 2.51. The molecule has 0 aliphatic heterocycles. The molecule has 0 saturated heterocycles. The molecule has 0 unspecified atom stereocenters. The smallest absolute Gasteiger partial charge is 0.200 e. The SMILES string of the molecule is C=C(C#N)c1cccc(-c2coc3cc(C)c(Cl)cc3c2=O)c1C. The molecule has 24 heavy (non-hydrogen) atoms. The van der Waals surface area contributed by atoms with Gasteiger partial charge >= 0.3 is 0 Å². The molecule has 0 N–H and O–H groups in total. The summed E-state index contributed by atoms with van der Waals surface area (Å²) in [7, 11) is 0. The Hall–Kier alpha value is -2.83. The van der Waals surface area contributed by atoms with Gasteiger partial charge in [0.25, 0.3) is 0 Å². The van der Waals surface area contributed by atoms with Crippen molar-refractivity contribution in [3.63, 3.8) is 0 Å². The second-order valence-electron chi connectivity index (χ2n) is 5.64. The number of rotatable bonds is 2. The van der Waals surface area contributed by atoms with Gasteiger partial charge in [0.15, 0.2) is 0 Å². The third-order valence-corrected chi connectivity index (χ3v) is 4.55. The molecule has 0 aliphatic carbocycles. The zero-order valence-corrected chi connectivity index (χ0v) is 14.1. The molecule has 3 aromatic rings. The molecule has 3 rings (SSSR count). The topological polar surface area (TPSA) is 54.0 Å². The minimum atomic E-state index is -0.152. The first kappa shape index (κ1) is 16.0. The van der Waals surface area contributed by atoms with Crippen LogP contribution in [-0.4, -0.2) is 0 Å². The molecule has 1 heterocycles. The summed E-state index contributed by atoms with van der Waals surface area (Å²) in [5.41, 5.74) is 4.25. The minimum absolute atomic E-state index is 0.152. The van der Waals surface area contributed by atoms with Crippen molar-refractivity contribution in [2.24, 2.45) is 0 Å². The highest BCUT2D eigenvalue weighted by Crippen LogP contribution is 2.29. The summed E-state index contributed by atoms with van der Waals surface area (Å²) in [6.07, 6.45) is 1.46. The quantitative estimate of drug-likeness (QED) is 0.600. The number of nitriles is 1. The van der Waals surface area contributed by atoms with Crippen LogP contribution >= 0.6 is 11.6 Å². The molecule has 1 aromatic heterocycles. The Bertz CT molecular complexity index is 1090. The highest BCUT2D eigenvalue weighted by Gasteiger charge is 2.15. The predicted octanol–water partition coefficient (Wildman–Crippen LogP) is 5.27. The van der Waals surface area contributed by atoms with Crippen molar-refractivity contribution in [3.05, 3.63) is 75.1 Å². The lowest BCUT2D eigenvalue weighted by Crippen LogP contribution is -2.06. The molecule has 0 radical (unpaired) electrons. The highest BCUT2D eigenvalue weighted by atomic mass is 35.5. The molecule has 2 aromatic carbocycles. The number of fused-ring (bicyclic) bond motifs is 1. The zero-order valence-electron chi connectivity index (χ0n) is 13.3. The summed E-state index contributed by atoms with van der Waals surface area (Å²) in [5, 5.41) is 10.0. The van der Waals surface area contributed by atoms with Crippen molar-refractivity contribution < 1.29 is 4.42 Å². The second kappa shape index (κ2) is 5.99. The van der Waals surface area contributed by atoms with Crippen molar-refractivity contribution in [3.8, 4) is 17.2 Å².